The second kappa shape index (κ2) is 8.12. The van der Waals surface area contributed by atoms with Crippen LogP contribution in [0.25, 0.3) is 11.5 Å². The number of ether oxygens (including phenoxy) is 1. The second-order valence-corrected chi connectivity index (χ2v) is 7.42. The standard InChI is InChI=1S/C22H21F3N2O3/c1-13-20(27-21(30-13)14-5-7-17(8-6-14)22(23,24)25)12-29-18-4-2-3-15(9-18)19-10-16(19)11-26-28/h2-9,16,19,26,28H,10-12H2,1H3. The number of nitrogens with zero attached hydrogens (tertiary/aromatic N) is 1. The lowest BCUT2D eigenvalue weighted by Crippen LogP contribution is -2.11. The molecule has 2 atom stereocenters. The van der Waals surface area contributed by atoms with Crippen molar-refractivity contribution >= 4 is 0 Å². The first-order valence-corrected chi connectivity index (χ1v) is 9.59. The first kappa shape index (κ1) is 20.4. The number of aryl methyl sites for hydroxylation is 1. The SMILES string of the molecule is Cc1oc(-c2ccc(C(F)(F)F)cc2)nc1COc1cccc(C2CC2CNO)c1. The number of halogens is 3. The summed E-state index contributed by atoms with van der Waals surface area (Å²) in [5.74, 6) is 2.35. The van der Waals surface area contributed by atoms with Crippen molar-refractivity contribution in [1.29, 1.82) is 0 Å². The summed E-state index contributed by atoms with van der Waals surface area (Å²) in [5, 5.41) is 8.83. The van der Waals surface area contributed by atoms with Gasteiger partial charge in [-0.05, 0) is 67.1 Å². The molecule has 2 unspecified atom stereocenters. The van der Waals surface area contributed by atoms with Crippen molar-refractivity contribution in [2.24, 2.45) is 5.92 Å². The van der Waals surface area contributed by atoms with Crippen LogP contribution in [0, 0.1) is 12.8 Å². The molecule has 2 N–H and O–H groups in total. The Morgan fingerprint density at radius 2 is 1.97 bits per heavy atom. The van der Waals surface area contributed by atoms with Crippen LogP contribution in [0.15, 0.2) is 52.9 Å². The molecule has 0 aliphatic heterocycles. The molecule has 1 fully saturated rings. The lowest BCUT2D eigenvalue weighted by molar-refractivity contribution is -0.137. The molecule has 1 saturated carbocycles. The fourth-order valence-corrected chi connectivity index (χ4v) is 3.47. The highest BCUT2D eigenvalue weighted by Crippen LogP contribution is 2.47. The summed E-state index contributed by atoms with van der Waals surface area (Å²) < 4.78 is 49.7. The molecular formula is C22H21F3N2O3. The van der Waals surface area contributed by atoms with E-state index in [1.807, 2.05) is 24.3 Å². The van der Waals surface area contributed by atoms with Crippen LogP contribution in [-0.4, -0.2) is 16.7 Å². The number of alkyl halides is 3. The van der Waals surface area contributed by atoms with E-state index in [1.54, 1.807) is 6.92 Å². The van der Waals surface area contributed by atoms with Crippen LogP contribution in [0.3, 0.4) is 0 Å². The molecule has 0 saturated heterocycles. The fraction of sp³-hybridized carbons (Fsp3) is 0.318. The minimum atomic E-state index is -4.38. The van der Waals surface area contributed by atoms with Crippen molar-refractivity contribution in [3.63, 3.8) is 0 Å². The zero-order valence-electron chi connectivity index (χ0n) is 16.2. The molecule has 4 rings (SSSR count). The number of benzene rings is 2. The van der Waals surface area contributed by atoms with E-state index in [4.69, 9.17) is 14.4 Å². The van der Waals surface area contributed by atoms with Gasteiger partial charge in [-0.1, -0.05) is 12.1 Å². The van der Waals surface area contributed by atoms with E-state index >= 15 is 0 Å². The van der Waals surface area contributed by atoms with Gasteiger partial charge >= 0.3 is 6.18 Å². The largest absolute Gasteiger partial charge is 0.487 e. The maximum atomic E-state index is 12.7. The molecule has 1 aliphatic carbocycles. The molecule has 1 aromatic heterocycles. The monoisotopic (exact) mass is 418 g/mol. The minimum absolute atomic E-state index is 0.186. The molecule has 8 heteroatoms. The highest BCUT2D eigenvalue weighted by molar-refractivity contribution is 5.54. The zero-order valence-corrected chi connectivity index (χ0v) is 16.2. The molecule has 1 aliphatic rings. The molecule has 0 amide bonds. The van der Waals surface area contributed by atoms with Gasteiger partial charge in [0, 0.05) is 12.1 Å². The second-order valence-electron chi connectivity index (χ2n) is 7.42. The molecule has 30 heavy (non-hydrogen) atoms. The molecular weight excluding hydrogens is 397 g/mol. The van der Waals surface area contributed by atoms with Crippen LogP contribution in [0.4, 0.5) is 13.2 Å². The van der Waals surface area contributed by atoms with E-state index in [-0.39, 0.29) is 12.5 Å². The third-order valence-electron chi connectivity index (χ3n) is 5.29. The Balaban J connectivity index is 1.42. The van der Waals surface area contributed by atoms with Crippen molar-refractivity contribution < 1.29 is 27.5 Å². The quantitative estimate of drug-likeness (QED) is 0.508. The van der Waals surface area contributed by atoms with Crippen LogP contribution in [-0.2, 0) is 12.8 Å². The van der Waals surface area contributed by atoms with E-state index in [9.17, 15) is 13.2 Å². The van der Waals surface area contributed by atoms with E-state index in [2.05, 4.69) is 10.5 Å². The molecule has 2 aromatic carbocycles. The van der Waals surface area contributed by atoms with E-state index in [1.165, 1.54) is 12.1 Å². The number of nitrogens with one attached hydrogen (secondary N) is 1. The normalized spacial score (nSPS) is 18.4. The first-order valence-electron chi connectivity index (χ1n) is 9.59. The van der Waals surface area contributed by atoms with Crippen LogP contribution in [0.1, 0.15) is 34.9 Å². The first-order chi connectivity index (χ1) is 14.3. The Bertz CT molecular complexity index is 1020. The predicted octanol–water partition coefficient (Wildman–Crippen LogP) is 5.33. The van der Waals surface area contributed by atoms with Gasteiger partial charge in [-0.15, -0.1) is 0 Å². The van der Waals surface area contributed by atoms with Gasteiger partial charge in [0.2, 0.25) is 5.89 Å². The Kier molecular flexibility index (Phi) is 5.53. The van der Waals surface area contributed by atoms with Crippen molar-refractivity contribution in [2.45, 2.75) is 32.0 Å². The molecule has 158 valence electrons. The number of hydrogen-bond acceptors (Lipinski definition) is 5. The van der Waals surface area contributed by atoms with Gasteiger partial charge in [-0.3, -0.25) is 0 Å². The number of oxazole rings is 1. The molecule has 0 bridgehead atoms. The van der Waals surface area contributed by atoms with Crippen molar-refractivity contribution in [2.75, 3.05) is 6.54 Å². The van der Waals surface area contributed by atoms with Crippen molar-refractivity contribution in [3.05, 3.63) is 71.1 Å². The smallest absolute Gasteiger partial charge is 0.416 e. The molecule has 0 radical (unpaired) electrons. The number of aromatic nitrogens is 1. The van der Waals surface area contributed by atoms with Crippen LogP contribution >= 0.6 is 0 Å². The zero-order chi connectivity index (χ0) is 21.3. The van der Waals surface area contributed by atoms with Gasteiger partial charge in [-0.25, -0.2) is 10.5 Å². The molecule has 5 nitrogen and oxygen atoms in total. The highest BCUT2D eigenvalue weighted by Gasteiger charge is 2.37. The average molecular weight is 418 g/mol. The lowest BCUT2D eigenvalue weighted by Gasteiger charge is -2.07. The van der Waals surface area contributed by atoms with Gasteiger partial charge in [0.1, 0.15) is 23.8 Å². The van der Waals surface area contributed by atoms with Crippen LogP contribution in [0.5, 0.6) is 5.75 Å². The summed E-state index contributed by atoms with van der Waals surface area (Å²) in [6.07, 6.45) is -3.36. The van der Waals surface area contributed by atoms with Crippen molar-refractivity contribution in [3.8, 4) is 17.2 Å². The average Bonchev–Trinajstić information content (AvgIpc) is 3.39. The van der Waals surface area contributed by atoms with E-state index < -0.39 is 11.7 Å². The van der Waals surface area contributed by atoms with E-state index in [0.29, 0.717) is 41.1 Å². The van der Waals surface area contributed by atoms with Crippen LogP contribution < -0.4 is 10.2 Å². The maximum absolute atomic E-state index is 12.7. The molecule has 3 aromatic rings. The third-order valence-corrected chi connectivity index (χ3v) is 5.29. The van der Waals surface area contributed by atoms with Gasteiger partial charge in [0.05, 0.1) is 5.56 Å². The Morgan fingerprint density at radius 1 is 1.20 bits per heavy atom. The summed E-state index contributed by atoms with van der Waals surface area (Å²) in [5.41, 5.74) is 3.72. The number of hydroxylamine groups is 1. The summed E-state index contributed by atoms with van der Waals surface area (Å²) in [6, 6.07) is 12.5. The maximum Gasteiger partial charge on any atom is 0.416 e. The Morgan fingerprint density at radius 3 is 2.67 bits per heavy atom. The molecule has 1 heterocycles. The van der Waals surface area contributed by atoms with Gasteiger partial charge < -0.3 is 14.4 Å². The minimum Gasteiger partial charge on any atom is -0.487 e. The summed E-state index contributed by atoms with van der Waals surface area (Å²) >= 11 is 0. The lowest BCUT2D eigenvalue weighted by atomic mass is 10.1. The topological polar surface area (TPSA) is 67.5 Å². The Labute approximate surface area is 171 Å². The van der Waals surface area contributed by atoms with E-state index in [0.717, 1.165) is 24.1 Å². The fourth-order valence-electron chi connectivity index (χ4n) is 3.47. The summed E-state index contributed by atoms with van der Waals surface area (Å²) in [4.78, 5) is 4.38. The molecule has 0 spiro atoms. The summed E-state index contributed by atoms with van der Waals surface area (Å²) in [7, 11) is 0. The van der Waals surface area contributed by atoms with Gasteiger partial charge in [-0.2, -0.15) is 13.2 Å². The van der Waals surface area contributed by atoms with Gasteiger partial charge in [0.15, 0.2) is 0 Å². The third kappa shape index (κ3) is 4.49. The Hall–Kier alpha value is -2.84. The van der Waals surface area contributed by atoms with Gasteiger partial charge in [0.25, 0.3) is 0 Å². The number of hydrogen-bond donors (Lipinski definition) is 2. The predicted molar refractivity (Wildman–Crippen MR) is 103 cm³/mol. The van der Waals surface area contributed by atoms with Crippen LogP contribution in [0.2, 0.25) is 0 Å². The summed E-state index contributed by atoms with van der Waals surface area (Å²) in [6.45, 7) is 2.50. The number of rotatable bonds is 7. The van der Waals surface area contributed by atoms with Crippen molar-refractivity contribution in [1.82, 2.24) is 10.5 Å². The highest BCUT2D eigenvalue weighted by atomic mass is 19.4.